The molecule has 0 bridgehead atoms. The van der Waals surface area contributed by atoms with E-state index in [1.807, 2.05) is 6.26 Å². The van der Waals surface area contributed by atoms with Crippen molar-refractivity contribution in [2.24, 2.45) is 0 Å². The van der Waals surface area contributed by atoms with Crippen LogP contribution in [-0.4, -0.2) is 16.3 Å². The Morgan fingerprint density at radius 3 is 2.00 bits per heavy atom. The van der Waals surface area contributed by atoms with Gasteiger partial charge in [-0.2, -0.15) is 0 Å². The van der Waals surface area contributed by atoms with E-state index in [1.54, 1.807) is 0 Å². The van der Waals surface area contributed by atoms with Crippen molar-refractivity contribution < 1.29 is 0 Å². The lowest BCUT2D eigenvalue weighted by Gasteiger charge is -2.34. The predicted molar refractivity (Wildman–Crippen MR) is 60.2 cm³/mol. The third-order valence-electron chi connectivity index (χ3n) is 2.19. The standard InChI is InChI=1S/C7H13BrCl2S/c1-11(9,10)7-4-2-6(8)3-5-7/h6-7H,2-5H2,1H3. The van der Waals surface area contributed by atoms with Gasteiger partial charge in [-0.3, -0.25) is 0 Å². The van der Waals surface area contributed by atoms with E-state index < -0.39 is 8.46 Å². The van der Waals surface area contributed by atoms with Crippen molar-refractivity contribution in [1.29, 1.82) is 0 Å². The fraction of sp³-hybridized carbons (Fsp3) is 1.00. The molecule has 4 heteroatoms. The van der Waals surface area contributed by atoms with Crippen LogP contribution in [0.5, 0.6) is 0 Å². The molecular weight excluding hydrogens is 267 g/mol. The van der Waals surface area contributed by atoms with Crippen molar-refractivity contribution in [2.45, 2.75) is 35.8 Å². The van der Waals surface area contributed by atoms with Crippen LogP contribution in [0.4, 0.5) is 0 Å². The molecule has 1 aliphatic carbocycles. The molecule has 1 saturated carbocycles. The minimum atomic E-state index is -1.33. The van der Waals surface area contributed by atoms with Crippen LogP contribution in [0.15, 0.2) is 0 Å². The highest BCUT2D eigenvalue weighted by Crippen LogP contribution is 2.62. The van der Waals surface area contributed by atoms with Gasteiger partial charge in [-0.05, 0) is 31.9 Å². The summed E-state index contributed by atoms with van der Waals surface area (Å²) in [6.45, 7) is 0. The van der Waals surface area contributed by atoms with E-state index in [-0.39, 0.29) is 0 Å². The molecule has 0 aromatic rings. The van der Waals surface area contributed by atoms with Gasteiger partial charge >= 0.3 is 0 Å². The molecule has 0 aromatic heterocycles. The van der Waals surface area contributed by atoms with E-state index in [9.17, 15) is 0 Å². The van der Waals surface area contributed by atoms with Crippen LogP contribution in [-0.2, 0) is 0 Å². The highest BCUT2D eigenvalue weighted by molar-refractivity contribution is 9.09. The number of rotatable bonds is 1. The highest BCUT2D eigenvalue weighted by Gasteiger charge is 2.28. The normalized spacial score (nSPS) is 35.3. The third kappa shape index (κ3) is 3.33. The average Bonchev–Trinajstić information content (AvgIpc) is 1.86. The van der Waals surface area contributed by atoms with E-state index in [0.717, 1.165) is 0 Å². The zero-order chi connectivity index (χ0) is 8.48. The summed E-state index contributed by atoms with van der Waals surface area (Å²) in [4.78, 5) is 0.703. The second kappa shape index (κ2) is 4.08. The molecule has 11 heavy (non-hydrogen) atoms. The van der Waals surface area contributed by atoms with Gasteiger partial charge in [0, 0.05) is 10.1 Å². The van der Waals surface area contributed by atoms with E-state index in [0.29, 0.717) is 10.1 Å². The molecule has 0 radical (unpaired) electrons. The molecule has 0 nitrogen and oxygen atoms in total. The van der Waals surface area contributed by atoms with E-state index in [4.69, 9.17) is 21.4 Å². The Morgan fingerprint density at radius 1 is 1.18 bits per heavy atom. The monoisotopic (exact) mass is 278 g/mol. The highest BCUT2D eigenvalue weighted by atomic mass is 79.9. The van der Waals surface area contributed by atoms with Crippen LogP contribution < -0.4 is 0 Å². The van der Waals surface area contributed by atoms with Crippen molar-refractivity contribution in [2.75, 3.05) is 6.26 Å². The maximum atomic E-state index is 6.09. The summed E-state index contributed by atoms with van der Waals surface area (Å²) >= 11 is 3.61. The van der Waals surface area contributed by atoms with Gasteiger partial charge in [0.05, 0.1) is 0 Å². The quantitative estimate of drug-likeness (QED) is 0.623. The molecule has 68 valence electrons. The van der Waals surface area contributed by atoms with Gasteiger partial charge in [-0.25, -0.2) is 0 Å². The van der Waals surface area contributed by atoms with E-state index >= 15 is 0 Å². The first-order valence-electron chi connectivity index (χ1n) is 3.80. The van der Waals surface area contributed by atoms with Crippen molar-refractivity contribution in [1.82, 2.24) is 0 Å². The average molecular weight is 280 g/mol. The van der Waals surface area contributed by atoms with Gasteiger partial charge in [0.1, 0.15) is 0 Å². The fourth-order valence-corrected chi connectivity index (χ4v) is 4.13. The summed E-state index contributed by atoms with van der Waals surface area (Å²) in [6.07, 6.45) is 6.82. The van der Waals surface area contributed by atoms with Crippen molar-refractivity contribution in [3.63, 3.8) is 0 Å². The van der Waals surface area contributed by atoms with Gasteiger partial charge in [0.25, 0.3) is 0 Å². The maximum absolute atomic E-state index is 6.09. The Hall–Kier alpha value is 1.41. The Balaban J connectivity index is 2.39. The first-order valence-corrected chi connectivity index (χ1v) is 8.48. The molecule has 0 amide bonds. The molecule has 1 rings (SSSR count). The third-order valence-corrected chi connectivity index (χ3v) is 6.26. The molecule has 0 N–H and O–H groups in total. The van der Waals surface area contributed by atoms with Crippen molar-refractivity contribution in [3.05, 3.63) is 0 Å². The summed E-state index contributed by atoms with van der Waals surface area (Å²) in [5.74, 6) is 0. The molecule has 0 saturated heterocycles. The molecule has 0 aromatic carbocycles. The molecule has 0 atom stereocenters. The Labute approximate surface area is 87.5 Å². The molecule has 1 fully saturated rings. The summed E-state index contributed by atoms with van der Waals surface area (Å²) in [5, 5.41) is 0.569. The van der Waals surface area contributed by atoms with Crippen LogP contribution in [0, 0.1) is 0 Å². The predicted octanol–water partition coefficient (Wildman–Crippen LogP) is 4.43. The maximum Gasteiger partial charge on any atom is 0.0146 e. The first kappa shape index (κ1) is 10.5. The summed E-state index contributed by atoms with van der Waals surface area (Å²) in [6, 6.07) is 0. The minimum Gasteiger partial charge on any atom is -0.0891 e. The summed E-state index contributed by atoms with van der Waals surface area (Å²) in [7, 11) is 10.9. The van der Waals surface area contributed by atoms with Crippen LogP contribution in [0.2, 0.25) is 0 Å². The van der Waals surface area contributed by atoms with Crippen molar-refractivity contribution >= 4 is 45.7 Å². The Kier molecular flexibility index (Phi) is 3.89. The lowest BCUT2D eigenvalue weighted by Crippen LogP contribution is -2.19. The molecule has 0 heterocycles. The fourth-order valence-electron chi connectivity index (χ4n) is 1.44. The second-order valence-electron chi connectivity index (χ2n) is 3.15. The van der Waals surface area contributed by atoms with Gasteiger partial charge in [-0.1, -0.05) is 45.7 Å². The Bertz CT molecular complexity index is 127. The molecular formula is C7H13BrCl2S. The molecule has 0 aliphatic heterocycles. The van der Waals surface area contributed by atoms with Crippen LogP contribution in [0.1, 0.15) is 25.7 Å². The molecule has 0 unspecified atom stereocenters. The van der Waals surface area contributed by atoms with Crippen LogP contribution in [0.3, 0.4) is 0 Å². The van der Waals surface area contributed by atoms with E-state index in [1.165, 1.54) is 25.7 Å². The molecule has 1 aliphatic rings. The lowest BCUT2D eigenvalue weighted by molar-refractivity contribution is 0.533. The number of halogens is 3. The van der Waals surface area contributed by atoms with Crippen LogP contribution >= 0.6 is 45.7 Å². The summed E-state index contributed by atoms with van der Waals surface area (Å²) < 4.78 is 0. The van der Waals surface area contributed by atoms with E-state index in [2.05, 4.69) is 15.9 Å². The second-order valence-corrected chi connectivity index (χ2v) is 11.0. The molecule has 0 spiro atoms. The Morgan fingerprint density at radius 2 is 1.64 bits per heavy atom. The largest absolute Gasteiger partial charge is 0.0891 e. The zero-order valence-corrected chi connectivity index (χ0v) is 10.4. The van der Waals surface area contributed by atoms with Gasteiger partial charge < -0.3 is 0 Å². The van der Waals surface area contributed by atoms with Gasteiger partial charge in [0.15, 0.2) is 0 Å². The van der Waals surface area contributed by atoms with Gasteiger partial charge in [-0.15, -0.1) is 0 Å². The first-order chi connectivity index (χ1) is 5.00. The summed E-state index contributed by atoms with van der Waals surface area (Å²) in [5.41, 5.74) is 0. The topological polar surface area (TPSA) is 0 Å². The van der Waals surface area contributed by atoms with Crippen LogP contribution in [0.25, 0.3) is 0 Å². The number of hydrogen-bond acceptors (Lipinski definition) is 0. The van der Waals surface area contributed by atoms with Gasteiger partial charge in [0.2, 0.25) is 0 Å². The smallest absolute Gasteiger partial charge is 0.0146 e. The number of alkyl halides is 1. The zero-order valence-electron chi connectivity index (χ0n) is 6.53. The SMILES string of the molecule is CS(Cl)(Cl)C1CCC(Br)CC1. The lowest BCUT2D eigenvalue weighted by atomic mass is 10.0. The minimum absolute atomic E-state index is 0.569. The number of hydrogen-bond donors (Lipinski definition) is 0. The van der Waals surface area contributed by atoms with Crippen molar-refractivity contribution in [3.8, 4) is 0 Å².